The van der Waals surface area contributed by atoms with Gasteiger partial charge >= 0.3 is 0 Å². The first-order valence-corrected chi connectivity index (χ1v) is 10.1. The fourth-order valence-electron chi connectivity index (χ4n) is 3.79. The summed E-state index contributed by atoms with van der Waals surface area (Å²) in [5.74, 6) is 2.15. The van der Waals surface area contributed by atoms with Crippen LogP contribution >= 0.6 is 0 Å². The van der Waals surface area contributed by atoms with Crippen molar-refractivity contribution in [1.29, 1.82) is 0 Å². The molecule has 7 heteroatoms. The Morgan fingerprint density at radius 3 is 2.47 bits per heavy atom. The summed E-state index contributed by atoms with van der Waals surface area (Å²) in [6.07, 6.45) is 1.25. The van der Waals surface area contributed by atoms with E-state index in [9.17, 15) is 9.59 Å². The maximum atomic E-state index is 12.9. The van der Waals surface area contributed by atoms with Crippen molar-refractivity contribution in [2.75, 3.05) is 27.0 Å². The molecule has 0 atom stereocenters. The molecule has 2 aromatic carbocycles. The number of fused-ring (bicyclic) bond motifs is 1. The molecule has 0 saturated carbocycles. The summed E-state index contributed by atoms with van der Waals surface area (Å²) in [7, 11) is 1.60. The molecule has 0 aromatic heterocycles. The lowest BCUT2D eigenvalue weighted by atomic mass is 9.79. The largest absolute Gasteiger partial charge is 0.497 e. The fourth-order valence-corrected chi connectivity index (χ4v) is 3.79. The molecule has 1 fully saturated rings. The van der Waals surface area contributed by atoms with Gasteiger partial charge in [0.15, 0.2) is 11.5 Å². The number of methoxy groups -OCH3 is 1. The van der Waals surface area contributed by atoms with E-state index in [0.29, 0.717) is 43.8 Å². The number of amides is 2. The average molecular weight is 410 g/mol. The lowest BCUT2D eigenvalue weighted by Crippen LogP contribution is -2.48. The third-order valence-electron chi connectivity index (χ3n) is 5.93. The number of piperidine rings is 1. The van der Waals surface area contributed by atoms with Crippen molar-refractivity contribution in [3.05, 3.63) is 53.6 Å². The van der Waals surface area contributed by atoms with Gasteiger partial charge in [-0.15, -0.1) is 0 Å². The van der Waals surface area contributed by atoms with Gasteiger partial charge in [0.25, 0.3) is 5.91 Å². The second-order valence-electron chi connectivity index (χ2n) is 7.95. The molecule has 7 nitrogen and oxygen atoms in total. The molecule has 0 spiro atoms. The van der Waals surface area contributed by atoms with Gasteiger partial charge in [0.05, 0.1) is 7.11 Å². The Balaban J connectivity index is 1.31. The van der Waals surface area contributed by atoms with Crippen LogP contribution in [0.25, 0.3) is 0 Å². The molecule has 2 heterocycles. The molecule has 1 saturated heterocycles. The molecule has 2 aliphatic rings. The molecule has 30 heavy (non-hydrogen) atoms. The molecule has 2 aromatic rings. The smallest absolute Gasteiger partial charge is 0.253 e. The van der Waals surface area contributed by atoms with Gasteiger partial charge in [0.1, 0.15) is 5.75 Å². The maximum absolute atomic E-state index is 12.9. The predicted octanol–water partition coefficient (Wildman–Crippen LogP) is 2.98. The summed E-state index contributed by atoms with van der Waals surface area (Å²) in [4.78, 5) is 27.4. The first kappa shape index (κ1) is 20.1. The van der Waals surface area contributed by atoms with E-state index in [4.69, 9.17) is 14.2 Å². The zero-order valence-corrected chi connectivity index (χ0v) is 17.3. The minimum absolute atomic E-state index is 0.0108. The third kappa shape index (κ3) is 4.06. The third-order valence-corrected chi connectivity index (χ3v) is 5.93. The Labute approximate surface area is 175 Å². The minimum Gasteiger partial charge on any atom is -0.497 e. The average Bonchev–Trinajstić information content (AvgIpc) is 3.25. The fraction of sp³-hybridized carbons (Fsp3) is 0.391. The van der Waals surface area contributed by atoms with Crippen LogP contribution in [0.5, 0.6) is 17.2 Å². The highest BCUT2D eigenvalue weighted by atomic mass is 16.7. The molecule has 4 rings (SSSR count). The second-order valence-corrected chi connectivity index (χ2v) is 7.95. The first-order valence-electron chi connectivity index (χ1n) is 10.1. The number of ether oxygens (including phenoxy) is 3. The number of carbonyl (C=O) groups is 2. The van der Waals surface area contributed by atoms with Crippen LogP contribution in [0.2, 0.25) is 0 Å². The van der Waals surface area contributed by atoms with E-state index in [0.717, 1.165) is 17.1 Å². The van der Waals surface area contributed by atoms with Gasteiger partial charge in [0, 0.05) is 30.6 Å². The quantitative estimate of drug-likeness (QED) is 0.820. The van der Waals surface area contributed by atoms with Crippen molar-refractivity contribution in [2.45, 2.75) is 26.3 Å². The molecule has 0 aliphatic carbocycles. The zero-order valence-electron chi connectivity index (χ0n) is 17.3. The number of rotatable bonds is 5. The van der Waals surface area contributed by atoms with Crippen LogP contribution in [-0.2, 0) is 11.3 Å². The van der Waals surface area contributed by atoms with Crippen LogP contribution in [0.3, 0.4) is 0 Å². The Bertz CT molecular complexity index is 933. The van der Waals surface area contributed by atoms with Gasteiger partial charge in [-0.3, -0.25) is 9.59 Å². The molecular weight excluding hydrogens is 384 g/mol. The van der Waals surface area contributed by atoms with E-state index in [1.54, 1.807) is 31.4 Å². The van der Waals surface area contributed by atoms with Crippen LogP contribution in [0.4, 0.5) is 0 Å². The van der Waals surface area contributed by atoms with Crippen LogP contribution in [0.1, 0.15) is 35.7 Å². The summed E-state index contributed by atoms with van der Waals surface area (Å²) < 4.78 is 15.8. The highest BCUT2D eigenvalue weighted by Crippen LogP contribution is 2.34. The Hall–Kier alpha value is -3.22. The van der Waals surface area contributed by atoms with Gasteiger partial charge in [-0.1, -0.05) is 13.0 Å². The number of nitrogens with zero attached hydrogens (tertiary/aromatic N) is 1. The summed E-state index contributed by atoms with van der Waals surface area (Å²) >= 11 is 0. The monoisotopic (exact) mass is 410 g/mol. The van der Waals surface area contributed by atoms with E-state index in [2.05, 4.69) is 5.32 Å². The van der Waals surface area contributed by atoms with E-state index in [1.165, 1.54) is 0 Å². The van der Waals surface area contributed by atoms with Gasteiger partial charge in [0.2, 0.25) is 12.7 Å². The number of likely N-dealkylation sites (tertiary alicyclic amines) is 1. The Kier molecular flexibility index (Phi) is 5.53. The highest BCUT2D eigenvalue weighted by Gasteiger charge is 2.38. The maximum Gasteiger partial charge on any atom is 0.253 e. The number of carbonyl (C=O) groups excluding carboxylic acids is 2. The molecule has 0 unspecified atom stereocenters. The molecule has 0 bridgehead atoms. The lowest BCUT2D eigenvalue weighted by molar-refractivity contribution is -0.132. The molecule has 1 N–H and O–H groups in total. The van der Waals surface area contributed by atoms with Gasteiger partial charge < -0.3 is 24.4 Å². The van der Waals surface area contributed by atoms with Gasteiger partial charge in [-0.25, -0.2) is 0 Å². The standard InChI is InChI=1S/C23H26N2O5/c1-23(22(27)24-14-16-3-8-19-20(13-16)30-15-29-19)9-11-25(12-10-23)21(26)17-4-6-18(28-2)7-5-17/h3-8,13H,9-12,14-15H2,1-2H3,(H,24,27). The van der Waals surface area contributed by atoms with Crippen molar-refractivity contribution >= 4 is 11.8 Å². The zero-order chi connectivity index (χ0) is 21.1. The predicted molar refractivity (Wildman–Crippen MR) is 111 cm³/mol. The Morgan fingerprint density at radius 1 is 1.07 bits per heavy atom. The van der Waals surface area contributed by atoms with Crippen LogP contribution in [0, 0.1) is 5.41 Å². The van der Waals surface area contributed by atoms with Crippen LogP contribution < -0.4 is 19.5 Å². The summed E-state index contributed by atoms with van der Waals surface area (Å²) in [5.41, 5.74) is 1.10. The van der Waals surface area contributed by atoms with E-state index < -0.39 is 5.41 Å². The van der Waals surface area contributed by atoms with Crippen LogP contribution in [-0.4, -0.2) is 43.7 Å². The molecule has 0 radical (unpaired) electrons. The Morgan fingerprint density at radius 2 is 1.77 bits per heavy atom. The summed E-state index contributed by atoms with van der Waals surface area (Å²) in [6.45, 7) is 3.74. The van der Waals surface area contributed by atoms with E-state index >= 15 is 0 Å². The van der Waals surface area contributed by atoms with Crippen molar-refractivity contribution < 1.29 is 23.8 Å². The summed E-state index contributed by atoms with van der Waals surface area (Å²) in [5, 5.41) is 3.04. The topological polar surface area (TPSA) is 77.1 Å². The summed E-state index contributed by atoms with van der Waals surface area (Å²) in [6, 6.07) is 12.8. The first-order chi connectivity index (χ1) is 14.5. The van der Waals surface area contributed by atoms with Crippen molar-refractivity contribution in [3.8, 4) is 17.2 Å². The van der Waals surface area contributed by atoms with E-state index in [1.807, 2.05) is 30.0 Å². The SMILES string of the molecule is COc1ccc(C(=O)N2CCC(C)(C(=O)NCc3ccc4c(c3)OCO4)CC2)cc1. The highest BCUT2D eigenvalue weighted by molar-refractivity contribution is 5.94. The van der Waals surface area contributed by atoms with Crippen LogP contribution in [0.15, 0.2) is 42.5 Å². The van der Waals surface area contributed by atoms with Crippen molar-refractivity contribution in [1.82, 2.24) is 10.2 Å². The number of hydrogen-bond acceptors (Lipinski definition) is 5. The van der Waals surface area contributed by atoms with Crippen molar-refractivity contribution in [3.63, 3.8) is 0 Å². The lowest BCUT2D eigenvalue weighted by Gasteiger charge is -2.38. The molecule has 2 aliphatic heterocycles. The van der Waals surface area contributed by atoms with Gasteiger partial charge in [-0.05, 0) is 54.8 Å². The molecule has 158 valence electrons. The minimum atomic E-state index is -0.493. The van der Waals surface area contributed by atoms with E-state index in [-0.39, 0.29) is 18.6 Å². The number of benzene rings is 2. The normalized spacial score (nSPS) is 16.8. The second kappa shape index (κ2) is 8.26. The van der Waals surface area contributed by atoms with Gasteiger partial charge in [-0.2, -0.15) is 0 Å². The molecular formula is C23H26N2O5. The van der Waals surface area contributed by atoms with Crippen molar-refractivity contribution in [2.24, 2.45) is 5.41 Å². The number of hydrogen-bond donors (Lipinski definition) is 1. The number of nitrogens with one attached hydrogen (secondary N) is 1. The molecule has 2 amide bonds.